The molecule has 1 aromatic heterocycles. The molecule has 2 aliphatic rings. The van der Waals surface area contributed by atoms with E-state index < -0.39 is 6.29 Å². The number of hydrogen-bond donors (Lipinski definition) is 0. The second-order valence-electron chi connectivity index (χ2n) is 6.01. The van der Waals surface area contributed by atoms with E-state index in [1.165, 1.54) is 0 Å². The molecular weight excluding hydrogens is 362 g/mol. The van der Waals surface area contributed by atoms with Gasteiger partial charge in [0.2, 0.25) is 6.29 Å². The Labute approximate surface area is 154 Å². The second-order valence-corrected chi connectivity index (χ2v) is 6.78. The molecule has 3 atom stereocenters. The lowest BCUT2D eigenvalue weighted by Gasteiger charge is -2.26. The van der Waals surface area contributed by atoms with Gasteiger partial charge in [-0.2, -0.15) is 5.10 Å². The van der Waals surface area contributed by atoms with Crippen LogP contribution in [-0.4, -0.2) is 39.1 Å². The fourth-order valence-electron chi connectivity index (χ4n) is 3.23. The minimum atomic E-state index is -0.742. The van der Waals surface area contributed by atoms with E-state index in [9.17, 15) is 4.79 Å². The number of nitrogens with zero attached hydrogens (tertiary/aromatic N) is 3. The minimum absolute atomic E-state index is 0.0850. The van der Waals surface area contributed by atoms with Crippen molar-refractivity contribution in [3.05, 3.63) is 46.7 Å². The molecule has 0 amide bonds. The number of benzene rings is 1. The zero-order chi connectivity index (χ0) is 17.6. The Morgan fingerprint density at radius 1 is 1.44 bits per heavy atom. The van der Waals surface area contributed by atoms with Crippen molar-refractivity contribution in [3.8, 4) is 11.4 Å². The molecule has 0 aliphatic carbocycles. The van der Waals surface area contributed by atoms with Crippen LogP contribution in [0.1, 0.15) is 12.5 Å². The number of aromatic nitrogens is 3. The number of rotatable bonds is 4. The van der Waals surface area contributed by atoms with E-state index in [-0.39, 0.29) is 24.3 Å². The number of carbonyl (C=O) groups is 1. The quantitative estimate of drug-likeness (QED) is 0.605. The number of ether oxygens (including phenoxy) is 2. The van der Waals surface area contributed by atoms with Crippen LogP contribution in [0.5, 0.6) is 0 Å². The van der Waals surface area contributed by atoms with Crippen molar-refractivity contribution in [1.29, 1.82) is 0 Å². The summed E-state index contributed by atoms with van der Waals surface area (Å²) in [6.07, 6.45) is 1.06. The molecule has 0 N–H and O–H groups in total. The van der Waals surface area contributed by atoms with Crippen molar-refractivity contribution in [2.75, 3.05) is 6.61 Å². The topological polar surface area (TPSA) is 58.3 Å². The largest absolute Gasteiger partial charge is 0.343 e. The lowest BCUT2D eigenvalue weighted by Crippen LogP contribution is -2.37. The summed E-state index contributed by atoms with van der Waals surface area (Å²) >= 11 is 12.0. The molecule has 25 heavy (non-hydrogen) atoms. The third-order valence-electron chi connectivity index (χ3n) is 4.44. The Hall–Kier alpha value is -1.80. The molecule has 4 rings (SSSR count). The number of carbonyl (C=O) groups excluding carboxylic acids is 1. The molecule has 3 heterocycles. The van der Waals surface area contributed by atoms with E-state index in [1.807, 2.05) is 22.8 Å². The summed E-state index contributed by atoms with van der Waals surface area (Å²) < 4.78 is 15.1. The van der Waals surface area contributed by atoms with Crippen LogP contribution in [0.15, 0.2) is 36.9 Å². The molecule has 2 fully saturated rings. The molecule has 0 unspecified atom stereocenters. The summed E-state index contributed by atoms with van der Waals surface area (Å²) in [5.74, 6) is 0.558. The van der Waals surface area contributed by atoms with Crippen molar-refractivity contribution >= 4 is 29.6 Å². The molecule has 2 bridgehead atoms. The van der Waals surface area contributed by atoms with E-state index in [0.717, 1.165) is 5.56 Å². The maximum absolute atomic E-state index is 12.1. The van der Waals surface area contributed by atoms with Gasteiger partial charge < -0.3 is 9.47 Å². The van der Waals surface area contributed by atoms with E-state index in [2.05, 4.69) is 11.7 Å². The van der Waals surface area contributed by atoms with Gasteiger partial charge in [0.05, 0.1) is 17.7 Å². The van der Waals surface area contributed by atoms with E-state index in [1.54, 1.807) is 16.8 Å². The Morgan fingerprint density at radius 3 is 3.00 bits per heavy atom. The number of fused-ring (bicyclic) bond motifs is 2. The monoisotopic (exact) mass is 377 g/mol. The summed E-state index contributed by atoms with van der Waals surface area (Å²) in [5.41, 5.74) is 0.777. The molecule has 0 spiro atoms. The van der Waals surface area contributed by atoms with Crippen LogP contribution in [0.2, 0.25) is 5.02 Å². The number of halogens is 1. The molecule has 6 nitrogen and oxygen atoms in total. The Morgan fingerprint density at radius 2 is 2.24 bits per heavy atom. The van der Waals surface area contributed by atoms with Crippen molar-refractivity contribution in [2.24, 2.45) is 0 Å². The summed E-state index contributed by atoms with van der Waals surface area (Å²) in [7, 11) is 0. The lowest BCUT2D eigenvalue weighted by molar-refractivity contribution is -0.156. The predicted molar refractivity (Wildman–Crippen MR) is 95.0 cm³/mol. The van der Waals surface area contributed by atoms with Gasteiger partial charge in [-0.3, -0.25) is 9.36 Å². The summed E-state index contributed by atoms with van der Waals surface area (Å²) in [6, 6.07) is 7.16. The molecule has 2 saturated heterocycles. The molecule has 8 heteroatoms. The zero-order valence-electron chi connectivity index (χ0n) is 13.3. The summed E-state index contributed by atoms with van der Waals surface area (Å²) in [5, 5.41) is 5.27. The Balaban J connectivity index is 1.83. The average Bonchev–Trinajstić information content (AvgIpc) is 3.17. The highest BCUT2D eigenvalue weighted by atomic mass is 35.5. The van der Waals surface area contributed by atoms with Crippen LogP contribution in [0.4, 0.5) is 0 Å². The SMILES string of the molecule is C=CCn1c(-c2ccccc2Cl)nn([C@H]2CC(=O)[C@H]3OC[C@@H]2O3)c1=S. The molecule has 2 aromatic rings. The van der Waals surface area contributed by atoms with Gasteiger partial charge in [-0.25, -0.2) is 4.68 Å². The van der Waals surface area contributed by atoms with Crippen LogP contribution in [0.3, 0.4) is 0 Å². The fraction of sp³-hybridized carbons (Fsp3) is 0.353. The van der Waals surface area contributed by atoms with Gasteiger partial charge in [0.1, 0.15) is 6.10 Å². The van der Waals surface area contributed by atoms with Gasteiger partial charge in [0, 0.05) is 18.5 Å². The van der Waals surface area contributed by atoms with Gasteiger partial charge in [0.25, 0.3) is 0 Å². The smallest absolute Gasteiger partial charge is 0.218 e. The predicted octanol–water partition coefficient (Wildman–Crippen LogP) is 3.18. The Kier molecular flexibility index (Phi) is 4.33. The van der Waals surface area contributed by atoms with Gasteiger partial charge in [-0.1, -0.05) is 29.8 Å². The van der Waals surface area contributed by atoms with Gasteiger partial charge in [-0.05, 0) is 24.4 Å². The number of hydrogen-bond acceptors (Lipinski definition) is 5. The van der Waals surface area contributed by atoms with Gasteiger partial charge in [-0.15, -0.1) is 6.58 Å². The van der Waals surface area contributed by atoms with Crippen molar-refractivity contribution in [3.63, 3.8) is 0 Å². The lowest BCUT2D eigenvalue weighted by atomic mass is 10.0. The standard InChI is InChI=1S/C17H16ClN3O3S/c1-2-7-20-15(10-5-3-4-6-11(10)18)19-21(17(20)25)12-8-13(22)16-23-9-14(12)24-16/h2-6,12,14,16H,1,7-9H2/t12-,14-,16-/m0/s1. The first-order valence-electron chi connectivity index (χ1n) is 7.95. The molecule has 1 aromatic carbocycles. The number of allylic oxidation sites excluding steroid dienone is 1. The summed E-state index contributed by atoms with van der Waals surface area (Å²) in [6.45, 7) is 4.64. The van der Waals surface area contributed by atoms with Crippen LogP contribution in [-0.2, 0) is 20.8 Å². The van der Waals surface area contributed by atoms with Crippen LogP contribution >= 0.6 is 23.8 Å². The van der Waals surface area contributed by atoms with Gasteiger partial charge in [0.15, 0.2) is 16.4 Å². The molecule has 130 valence electrons. The third-order valence-corrected chi connectivity index (χ3v) is 5.18. The highest BCUT2D eigenvalue weighted by Gasteiger charge is 2.45. The van der Waals surface area contributed by atoms with Crippen molar-refractivity contribution < 1.29 is 14.3 Å². The average molecular weight is 378 g/mol. The first-order chi connectivity index (χ1) is 12.1. The maximum atomic E-state index is 12.1. The Bertz CT molecular complexity index is 907. The first kappa shape index (κ1) is 16.7. The number of ketones is 1. The maximum Gasteiger partial charge on any atom is 0.218 e. The third kappa shape index (κ3) is 2.77. The number of Topliss-reactive ketones (excluding diaryl/α,β-unsaturated/α-hetero) is 1. The molecule has 0 saturated carbocycles. The highest BCUT2D eigenvalue weighted by Crippen LogP contribution is 2.34. The normalized spacial score (nSPS) is 25.3. The second kappa shape index (κ2) is 6.49. The van der Waals surface area contributed by atoms with Gasteiger partial charge >= 0.3 is 0 Å². The highest BCUT2D eigenvalue weighted by molar-refractivity contribution is 7.71. The van der Waals surface area contributed by atoms with E-state index >= 15 is 0 Å². The molecule has 2 aliphatic heterocycles. The van der Waals surface area contributed by atoms with Crippen LogP contribution in [0.25, 0.3) is 11.4 Å². The van der Waals surface area contributed by atoms with Crippen molar-refractivity contribution in [1.82, 2.24) is 14.3 Å². The first-order valence-corrected chi connectivity index (χ1v) is 8.73. The molecular formula is C17H16ClN3O3S. The molecule has 0 radical (unpaired) electrons. The van der Waals surface area contributed by atoms with E-state index in [0.29, 0.717) is 28.8 Å². The van der Waals surface area contributed by atoms with Crippen molar-refractivity contribution in [2.45, 2.75) is 31.4 Å². The van der Waals surface area contributed by atoms with E-state index in [4.69, 9.17) is 33.3 Å². The summed E-state index contributed by atoms with van der Waals surface area (Å²) in [4.78, 5) is 12.1. The zero-order valence-corrected chi connectivity index (χ0v) is 14.9. The fourth-order valence-corrected chi connectivity index (χ4v) is 3.79. The minimum Gasteiger partial charge on any atom is -0.343 e. The van der Waals surface area contributed by atoms with Crippen LogP contribution in [0, 0.1) is 4.77 Å². The van der Waals surface area contributed by atoms with Crippen LogP contribution < -0.4 is 0 Å².